The molecule has 28 heavy (non-hydrogen) atoms. The molecule has 0 aliphatic carbocycles. The summed E-state index contributed by atoms with van der Waals surface area (Å²) in [5, 5.41) is 0. The van der Waals surface area contributed by atoms with E-state index in [2.05, 4.69) is 4.98 Å². The van der Waals surface area contributed by atoms with Gasteiger partial charge in [0.05, 0.1) is 5.69 Å². The molecular formula is C22H17FN4O. The minimum absolute atomic E-state index is 0.304. The molecule has 0 radical (unpaired) electrons. The number of pyridine rings is 1. The lowest BCUT2D eigenvalue weighted by Gasteiger charge is -2.07. The van der Waals surface area contributed by atoms with E-state index in [1.165, 1.54) is 12.1 Å². The molecule has 138 valence electrons. The Morgan fingerprint density at radius 1 is 0.929 bits per heavy atom. The minimum atomic E-state index is -0.479. The zero-order valence-electron chi connectivity index (χ0n) is 15.1. The van der Waals surface area contributed by atoms with Gasteiger partial charge in [-0.2, -0.15) is 0 Å². The predicted molar refractivity (Wildman–Crippen MR) is 105 cm³/mol. The highest BCUT2D eigenvalue weighted by molar-refractivity contribution is 5.93. The Hall–Kier alpha value is -3.80. The SMILES string of the molecule is Cc1cccc(-c2nc(-c3ccc(C(N)=O)cc3)cn2-c2ccc(F)cc2)n1. The van der Waals surface area contributed by atoms with Crippen LogP contribution in [0.1, 0.15) is 16.1 Å². The number of rotatable bonds is 4. The van der Waals surface area contributed by atoms with Crippen LogP contribution in [0.15, 0.2) is 72.9 Å². The van der Waals surface area contributed by atoms with E-state index in [4.69, 9.17) is 10.7 Å². The maximum atomic E-state index is 13.4. The first kappa shape index (κ1) is 17.6. The molecule has 2 N–H and O–H groups in total. The molecule has 5 nitrogen and oxygen atoms in total. The van der Waals surface area contributed by atoms with Crippen molar-refractivity contribution >= 4 is 5.91 Å². The maximum absolute atomic E-state index is 13.4. The van der Waals surface area contributed by atoms with E-state index in [9.17, 15) is 9.18 Å². The molecule has 4 rings (SSSR count). The topological polar surface area (TPSA) is 73.8 Å². The fourth-order valence-electron chi connectivity index (χ4n) is 2.97. The largest absolute Gasteiger partial charge is 0.366 e. The van der Waals surface area contributed by atoms with Crippen LogP contribution in [0.25, 0.3) is 28.5 Å². The van der Waals surface area contributed by atoms with Gasteiger partial charge < -0.3 is 5.73 Å². The first-order valence-corrected chi connectivity index (χ1v) is 8.71. The number of carbonyl (C=O) groups excluding carboxylic acids is 1. The standard InChI is InChI=1S/C22H17FN4O/c1-14-3-2-4-19(25-14)22-26-20(15-5-7-16(8-6-15)21(24)28)13-27(22)18-11-9-17(23)10-12-18/h2-13H,1H3,(H2,24,28). The number of primary amides is 1. The van der Waals surface area contributed by atoms with Gasteiger partial charge in [-0.05, 0) is 55.5 Å². The number of aromatic nitrogens is 3. The Bertz CT molecular complexity index is 1150. The fraction of sp³-hybridized carbons (Fsp3) is 0.0455. The summed E-state index contributed by atoms with van der Waals surface area (Å²) in [7, 11) is 0. The van der Waals surface area contributed by atoms with Gasteiger partial charge in [0.2, 0.25) is 5.91 Å². The smallest absolute Gasteiger partial charge is 0.248 e. The third kappa shape index (κ3) is 3.40. The van der Waals surface area contributed by atoms with Crippen LogP contribution in [0.4, 0.5) is 4.39 Å². The minimum Gasteiger partial charge on any atom is -0.366 e. The molecule has 0 spiro atoms. The van der Waals surface area contributed by atoms with Crippen LogP contribution in [0, 0.1) is 12.7 Å². The van der Waals surface area contributed by atoms with Crippen LogP contribution in [0.5, 0.6) is 0 Å². The molecule has 0 aliphatic rings. The predicted octanol–water partition coefficient (Wildman–Crippen LogP) is 4.15. The summed E-state index contributed by atoms with van der Waals surface area (Å²) < 4.78 is 15.3. The van der Waals surface area contributed by atoms with Gasteiger partial charge in [0.25, 0.3) is 0 Å². The molecule has 0 unspecified atom stereocenters. The second-order valence-electron chi connectivity index (χ2n) is 6.40. The molecule has 6 heteroatoms. The lowest BCUT2D eigenvalue weighted by atomic mass is 10.1. The number of hydrogen-bond donors (Lipinski definition) is 1. The summed E-state index contributed by atoms with van der Waals surface area (Å²) in [6.07, 6.45) is 1.87. The molecule has 0 atom stereocenters. The van der Waals surface area contributed by atoms with Crippen LogP contribution in [0.3, 0.4) is 0 Å². The van der Waals surface area contributed by atoms with Crippen LogP contribution < -0.4 is 5.73 Å². The zero-order chi connectivity index (χ0) is 19.7. The summed E-state index contributed by atoms with van der Waals surface area (Å²) in [5.74, 6) is -0.140. The summed E-state index contributed by atoms with van der Waals surface area (Å²) in [6, 6.07) is 18.8. The molecule has 1 amide bonds. The Morgan fingerprint density at radius 3 is 2.29 bits per heavy atom. The van der Waals surface area contributed by atoms with Crippen molar-refractivity contribution in [3.63, 3.8) is 0 Å². The summed E-state index contributed by atoms with van der Waals surface area (Å²) in [5.41, 5.74) is 9.64. The Kier molecular flexibility index (Phi) is 4.45. The van der Waals surface area contributed by atoms with Gasteiger partial charge in [0, 0.05) is 28.7 Å². The number of aryl methyl sites for hydroxylation is 1. The summed E-state index contributed by atoms with van der Waals surface area (Å²) in [6.45, 7) is 1.91. The van der Waals surface area contributed by atoms with Crippen LogP contribution in [-0.2, 0) is 0 Å². The maximum Gasteiger partial charge on any atom is 0.248 e. The number of amides is 1. The van der Waals surface area contributed by atoms with Gasteiger partial charge in [0.15, 0.2) is 5.82 Å². The molecule has 0 saturated heterocycles. The number of imidazole rings is 1. The molecular weight excluding hydrogens is 355 g/mol. The third-order valence-corrected chi connectivity index (χ3v) is 4.39. The van der Waals surface area contributed by atoms with E-state index in [1.807, 2.05) is 35.9 Å². The van der Waals surface area contributed by atoms with Crippen molar-refractivity contribution in [2.24, 2.45) is 5.73 Å². The van der Waals surface area contributed by atoms with Gasteiger partial charge in [-0.15, -0.1) is 0 Å². The monoisotopic (exact) mass is 372 g/mol. The van der Waals surface area contributed by atoms with Gasteiger partial charge in [-0.25, -0.2) is 14.4 Å². The van der Waals surface area contributed by atoms with Crippen LogP contribution in [0.2, 0.25) is 0 Å². The number of halogens is 1. The molecule has 2 aromatic heterocycles. The van der Waals surface area contributed by atoms with E-state index in [0.717, 1.165) is 16.9 Å². The number of nitrogens with zero attached hydrogens (tertiary/aromatic N) is 3. The van der Waals surface area contributed by atoms with E-state index in [0.29, 0.717) is 22.8 Å². The van der Waals surface area contributed by atoms with Gasteiger partial charge in [-0.1, -0.05) is 18.2 Å². The zero-order valence-corrected chi connectivity index (χ0v) is 15.1. The van der Waals surface area contributed by atoms with E-state index >= 15 is 0 Å². The average molecular weight is 372 g/mol. The second-order valence-corrected chi connectivity index (χ2v) is 6.40. The van der Waals surface area contributed by atoms with Crippen molar-refractivity contribution in [2.45, 2.75) is 6.92 Å². The Morgan fingerprint density at radius 2 is 1.64 bits per heavy atom. The Balaban J connectivity index is 1.86. The van der Waals surface area contributed by atoms with Crippen molar-refractivity contribution in [3.05, 3.63) is 90.0 Å². The van der Waals surface area contributed by atoms with Crippen LogP contribution in [-0.4, -0.2) is 20.4 Å². The lowest BCUT2D eigenvalue weighted by molar-refractivity contribution is 0.100. The highest BCUT2D eigenvalue weighted by Gasteiger charge is 2.15. The number of benzene rings is 2. The molecule has 0 bridgehead atoms. The highest BCUT2D eigenvalue weighted by Crippen LogP contribution is 2.27. The lowest BCUT2D eigenvalue weighted by Crippen LogP contribution is -2.10. The molecule has 2 aromatic carbocycles. The van der Waals surface area contributed by atoms with Gasteiger partial charge >= 0.3 is 0 Å². The van der Waals surface area contributed by atoms with Crippen molar-refractivity contribution in [1.29, 1.82) is 0 Å². The molecule has 0 fully saturated rings. The van der Waals surface area contributed by atoms with Gasteiger partial charge in [-0.3, -0.25) is 9.36 Å². The van der Waals surface area contributed by atoms with E-state index in [-0.39, 0.29) is 5.82 Å². The molecule has 0 saturated carbocycles. The fourth-order valence-corrected chi connectivity index (χ4v) is 2.97. The third-order valence-electron chi connectivity index (χ3n) is 4.39. The number of carbonyl (C=O) groups is 1. The van der Waals surface area contributed by atoms with Crippen molar-refractivity contribution < 1.29 is 9.18 Å². The molecule has 4 aromatic rings. The Labute approximate surface area is 161 Å². The van der Waals surface area contributed by atoms with Crippen molar-refractivity contribution in [2.75, 3.05) is 0 Å². The van der Waals surface area contributed by atoms with Crippen LogP contribution >= 0.6 is 0 Å². The van der Waals surface area contributed by atoms with Crippen molar-refractivity contribution in [1.82, 2.24) is 14.5 Å². The summed E-state index contributed by atoms with van der Waals surface area (Å²) in [4.78, 5) is 20.6. The highest BCUT2D eigenvalue weighted by atomic mass is 19.1. The van der Waals surface area contributed by atoms with E-state index in [1.54, 1.807) is 36.4 Å². The quantitative estimate of drug-likeness (QED) is 0.585. The first-order valence-electron chi connectivity index (χ1n) is 8.71. The van der Waals surface area contributed by atoms with Crippen molar-refractivity contribution in [3.8, 4) is 28.5 Å². The number of hydrogen-bond acceptors (Lipinski definition) is 3. The number of nitrogens with two attached hydrogens (primary N) is 1. The first-order chi connectivity index (χ1) is 13.5. The summed E-state index contributed by atoms with van der Waals surface area (Å²) >= 11 is 0. The van der Waals surface area contributed by atoms with Gasteiger partial charge in [0.1, 0.15) is 11.5 Å². The average Bonchev–Trinajstić information content (AvgIpc) is 3.14. The normalized spacial score (nSPS) is 10.8. The second kappa shape index (κ2) is 7.08. The van der Waals surface area contributed by atoms with E-state index < -0.39 is 5.91 Å². The molecule has 0 aliphatic heterocycles. The molecule has 2 heterocycles.